The molecule has 3 aromatic heterocycles. The largest absolute Gasteiger partial charge is 0.506 e. The summed E-state index contributed by atoms with van der Waals surface area (Å²) >= 11 is 0. The van der Waals surface area contributed by atoms with Gasteiger partial charge in [-0.25, -0.2) is 19.3 Å². The summed E-state index contributed by atoms with van der Waals surface area (Å²) in [6, 6.07) is 6.13. The van der Waals surface area contributed by atoms with E-state index in [1.165, 1.54) is 24.4 Å². The van der Waals surface area contributed by atoms with E-state index in [2.05, 4.69) is 36.8 Å². The molecule has 3 aromatic rings. The molecule has 0 atom stereocenters. The third-order valence-electron chi connectivity index (χ3n) is 4.87. The first kappa shape index (κ1) is 23.6. The molecule has 174 valence electrons. The van der Waals surface area contributed by atoms with Gasteiger partial charge in [0.05, 0.1) is 5.69 Å². The van der Waals surface area contributed by atoms with Crippen LogP contribution in [0.3, 0.4) is 0 Å². The van der Waals surface area contributed by atoms with Crippen LogP contribution in [0.1, 0.15) is 6.92 Å². The van der Waals surface area contributed by atoms with Gasteiger partial charge in [0, 0.05) is 50.9 Å². The van der Waals surface area contributed by atoms with E-state index < -0.39 is 11.8 Å². The topological polar surface area (TPSA) is 168 Å². The summed E-state index contributed by atoms with van der Waals surface area (Å²) in [6.45, 7) is 4.49. The smallest absolute Gasteiger partial charge is 0.300 e. The van der Waals surface area contributed by atoms with Crippen LogP contribution in [0.5, 0.6) is 5.75 Å². The Bertz CT molecular complexity index is 1150. The van der Waals surface area contributed by atoms with Crippen LogP contribution in [0.25, 0.3) is 22.6 Å². The molecule has 0 amide bonds. The Labute approximate surface area is 189 Å². The maximum atomic E-state index is 14.4. The van der Waals surface area contributed by atoms with E-state index >= 15 is 0 Å². The van der Waals surface area contributed by atoms with Gasteiger partial charge in [-0.2, -0.15) is 4.98 Å². The van der Waals surface area contributed by atoms with E-state index in [0.29, 0.717) is 17.2 Å². The second-order valence-electron chi connectivity index (χ2n) is 7.40. The van der Waals surface area contributed by atoms with Crippen molar-refractivity contribution < 1.29 is 19.4 Å². The highest BCUT2D eigenvalue weighted by atomic mass is 19.1. The minimum Gasteiger partial charge on any atom is -0.506 e. The fourth-order valence-corrected chi connectivity index (χ4v) is 3.22. The monoisotopic (exact) mass is 456 g/mol. The molecule has 4 rings (SSSR count). The van der Waals surface area contributed by atoms with E-state index in [1.54, 1.807) is 6.07 Å². The number of hydrogen-bond donors (Lipinski definition) is 4. The number of rotatable bonds is 3. The summed E-state index contributed by atoms with van der Waals surface area (Å²) < 4.78 is 14.4. The fourth-order valence-electron chi connectivity index (χ4n) is 3.22. The molecule has 1 aliphatic rings. The molecule has 4 heterocycles. The van der Waals surface area contributed by atoms with Crippen LogP contribution in [0.15, 0.2) is 30.5 Å². The van der Waals surface area contributed by atoms with E-state index in [-0.39, 0.29) is 28.8 Å². The minimum absolute atomic E-state index is 0.0716. The number of hydrogen-bond acceptors (Lipinski definition) is 10. The molecule has 0 aromatic carbocycles. The molecule has 1 aliphatic heterocycles. The van der Waals surface area contributed by atoms with E-state index in [0.717, 1.165) is 33.1 Å². The van der Waals surface area contributed by atoms with Crippen LogP contribution >= 0.6 is 0 Å². The number of carbonyl (C=O) groups is 1. The zero-order chi connectivity index (χ0) is 24.1. The normalized spacial score (nSPS) is 13.8. The first-order valence-corrected chi connectivity index (χ1v) is 10.0. The number of likely N-dealkylation sites (N-methyl/N-ethyl adjacent to an activating group) is 1. The van der Waals surface area contributed by atoms with E-state index in [4.69, 9.17) is 21.4 Å². The zero-order valence-corrected chi connectivity index (χ0v) is 18.2. The van der Waals surface area contributed by atoms with Crippen molar-refractivity contribution >= 4 is 23.6 Å². The highest BCUT2D eigenvalue weighted by Crippen LogP contribution is 2.32. The molecular weight excluding hydrogens is 431 g/mol. The van der Waals surface area contributed by atoms with Gasteiger partial charge in [-0.1, -0.05) is 0 Å². The molecule has 33 heavy (non-hydrogen) atoms. The highest BCUT2D eigenvalue weighted by molar-refractivity contribution is 5.72. The van der Waals surface area contributed by atoms with Crippen LogP contribution < -0.4 is 16.4 Å². The Morgan fingerprint density at radius 2 is 1.73 bits per heavy atom. The van der Waals surface area contributed by atoms with Crippen LogP contribution in [0, 0.1) is 5.82 Å². The van der Waals surface area contributed by atoms with Gasteiger partial charge in [-0.3, -0.25) is 4.79 Å². The first-order chi connectivity index (χ1) is 15.7. The predicted octanol–water partition coefficient (Wildman–Crippen LogP) is 1.45. The van der Waals surface area contributed by atoms with Crippen molar-refractivity contribution in [3.8, 4) is 28.4 Å². The number of pyridine rings is 2. The lowest BCUT2D eigenvalue weighted by Crippen LogP contribution is -2.44. The Balaban J connectivity index is 0.000000709. The van der Waals surface area contributed by atoms with Crippen molar-refractivity contribution in [2.75, 3.05) is 49.6 Å². The number of anilines is 3. The highest BCUT2D eigenvalue weighted by Gasteiger charge is 2.19. The minimum atomic E-state index is -0.833. The van der Waals surface area contributed by atoms with Crippen LogP contribution in [-0.4, -0.2) is 74.2 Å². The Morgan fingerprint density at radius 3 is 2.39 bits per heavy atom. The quantitative estimate of drug-likeness (QED) is 0.450. The third-order valence-corrected chi connectivity index (χ3v) is 4.87. The number of aromatic hydroxyl groups is 1. The summed E-state index contributed by atoms with van der Waals surface area (Å²) in [6.07, 6.45) is 1.40. The Hall–Kier alpha value is -4.06. The van der Waals surface area contributed by atoms with Crippen molar-refractivity contribution in [3.05, 3.63) is 36.3 Å². The van der Waals surface area contributed by atoms with Crippen LogP contribution in [0.2, 0.25) is 0 Å². The molecule has 0 unspecified atom stereocenters. The molecule has 1 fully saturated rings. The number of carboxylic acids is 1. The molecule has 0 spiro atoms. The van der Waals surface area contributed by atoms with Gasteiger partial charge >= 0.3 is 0 Å². The van der Waals surface area contributed by atoms with Crippen molar-refractivity contribution in [1.82, 2.24) is 24.8 Å². The maximum Gasteiger partial charge on any atom is 0.300 e. The van der Waals surface area contributed by atoms with Crippen molar-refractivity contribution in [2.45, 2.75) is 6.92 Å². The number of nitrogens with zero attached hydrogens (tertiary/aromatic N) is 6. The molecule has 12 heteroatoms. The second kappa shape index (κ2) is 10.0. The molecule has 11 nitrogen and oxygen atoms in total. The lowest BCUT2D eigenvalue weighted by atomic mass is 10.1. The Kier molecular flexibility index (Phi) is 7.18. The van der Waals surface area contributed by atoms with Crippen LogP contribution in [-0.2, 0) is 4.79 Å². The fraction of sp³-hybridized carbons (Fsp3) is 0.286. The van der Waals surface area contributed by atoms with Gasteiger partial charge in [0.2, 0.25) is 5.95 Å². The number of aromatic nitrogens is 4. The molecule has 0 bridgehead atoms. The van der Waals surface area contributed by atoms with Crippen LogP contribution in [0.4, 0.5) is 22.0 Å². The molecular formula is C21H25FN8O3. The number of nitrogen functional groups attached to an aromatic ring is 2. The van der Waals surface area contributed by atoms with Gasteiger partial charge in [0.15, 0.2) is 11.6 Å². The van der Waals surface area contributed by atoms with Gasteiger partial charge < -0.3 is 31.5 Å². The lowest BCUT2D eigenvalue weighted by Gasteiger charge is -2.33. The SMILES string of the molecule is CC(=O)O.CN1CCN(c2cc(-c3nc(-c4ccnc(N)c4F)ccc3O)nc(N)n2)CC1. The summed E-state index contributed by atoms with van der Waals surface area (Å²) in [5.41, 5.74) is 12.5. The summed E-state index contributed by atoms with van der Waals surface area (Å²) in [5, 5.41) is 17.8. The molecule has 0 saturated carbocycles. The van der Waals surface area contributed by atoms with Crippen molar-refractivity contribution in [3.63, 3.8) is 0 Å². The molecule has 0 aliphatic carbocycles. The summed E-state index contributed by atoms with van der Waals surface area (Å²) in [4.78, 5) is 30.0. The lowest BCUT2D eigenvalue weighted by molar-refractivity contribution is -0.134. The number of piperazine rings is 1. The predicted molar refractivity (Wildman–Crippen MR) is 122 cm³/mol. The molecule has 6 N–H and O–H groups in total. The zero-order valence-electron chi connectivity index (χ0n) is 18.2. The van der Waals surface area contributed by atoms with E-state index in [9.17, 15) is 9.50 Å². The number of halogens is 1. The van der Waals surface area contributed by atoms with Gasteiger partial charge in [0.1, 0.15) is 23.0 Å². The average molecular weight is 456 g/mol. The summed E-state index contributed by atoms with van der Waals surface area (Å²) in [7, 11) is 2.07. The van der Waals surface area contributed by atoms with Gasteiger partial charge in [-0.05, 0) is 25.2 Å². The van der Waals surface area contributed by atoms with Crippen molar-refractivity contribution in [2.24, 2.45) is 0 Å². The average Bonchev–Trinajstić information content (AvgIpc) is 2.76. The Morgan fingerprint density at radius 1 is 1.06 bits per heavy atom. The number of aliphatic carboxylic acids is 1. The number of nitrogens with two attached hydrogens (primary N) is 2. The molecule has 0 radical (unpaired) electrons. The van der Waals surface area contributed by atoms with Gasteiger partial charge in [0.25, 0.3) is 5.97 Å². The third kappa shape index (κ3) is 5.80. The van der Waals surface area contributed by atoms with Crippen molar-refractivity contribution in [1.29, 1.82) is 0 Å². The van der Waals surface area contributed by atoms with Gasteiger partial charge in [-0.15, -0.1) is 0 Å². The first-order valence-electron chi connectivity index (χ1n) is 10.0. The number of carboxylic acid groups (broad SMARTS) is 1. The maximum absolute atomic E-state index is 14.4. The van der Waals surface area contributed by atoms with E-state index in [1.807, 2.05) is 0 Å². The standard InChI is InChI=1S/C19H21FN8O.C2H4O2/c1-27-6-8-28(9-7-27)15-10-13(25-19(22)26-15)17-14(29)3-2-12(24-17)11-4-5-23-18(21)16(11)20;1-2(3)4/h2-5,10,29H,6-9H2,1H3,(H2,21,23)(H2,22,25,26);1H3,(H,3,4). The summed E-state index contributed by atoms with van der Waals surface area (Å²) in [5.74, 6) is -1.09. The second-order valence-corrected chi connectivity index (χ2v) is 7.40. The molecule has 1 saturated heterocycles.